The molecule has 1 amide bonds. The molecular formula is C17H23N7O. The molecule has 2 atom stereocenters. The molecule has 8 nitrogen and oxygen atoms in total. The van der Waals surface area contributed by atoms with Gasteiger partial charge in [-0.15, -0.1) is 5.10 Å². The Labute approximate surface area is 146 Å². The van der Waals surface area contributed by atoms with Gasteiger partial charge in [-0.3, -0.25) is 9.78 Å². The average molecular weight is 341 g/mol. The van der Waals surface area contributed by atoms with Crippen LogP contribution in [0.15, 0.2) is 30.7 Å². The van der Waals surface area contributed by atoms with Crippen molar-refractivity contribution in [3.63, 3.8) is 0 Å². The zero-order valence-corrected chi connectivity index (χ0v) is 14.1. The standard InChI is InChI=1S/C17H23N7O/c25-17(15-12-24(22-21-15)14-2-1-5-19-10-14)23-9-8-20-11-16(23)13-3-6-18-7-4-13/h3-4,6-7,12,14,16,19-20H,1-2,5,8-11H2. The molecule has 2 N–H and O–H groups in total. The monoisotopic (exact) mass is 341 g/mol. The first-order valence-electron chi connectivity index (χ1n) is 8.87. The first kappa shape index (κ1) is 16.2. The smallest absolute Gasteiger partial charge is 0.276 e. The zero-order chi connectivity index (χ0) is 17.1. The number of nitrogens with one attached hydrogen (secondary N) is 2. The second-order valence-corrected chi connectivity index (χ2v) is 6.58. The summed E-state index contributed by atoms with van der Waals surface area (Å²) in [5, 5.41) is 15.1. The van der Waals surface area contributed by atoms with Gasteiger partial charge in [0.05, 0.1) is 18.3 Å². The van der Waals surface area contributed by atoms with Crippen molar-refractivity contribution in [3.8, 4) is 0 Å². The number of hydrogen-bond acceptors (Lipinski definition) is 6. The van der Waals surface area contributed by atoms with Gasteiger partial charge in [-0.2, -0.15) is 0 Å². The molecule has 2 saturated heterocycles. The van der Waals surface area contributed by atoms with Crippen molar-refractivity contribution in [1.29, 1.82) is 0 Å². The third-order valence-corrected chi connectivity index (χ3v) is 4.97. The fourth-order valence-electron chi connectivity index (χ4n) is 3.59. The molecule has 4 rings (SSSR count). The van der Waals surface area contributed by atoms with Crippen molar-refractivity contribution >= 4 is 5.91 Å². The largest absolute Gasteiger partial charge is 0.328 e. The Morgan fingerprint density at radius 3 is 2.80 bits per heavy atom. The SMILES string of the molecule is O=C(c1cn(C2CCCNC2)nn1)N1CCNCC1c1ccncc1. The fourth-order valence-corrected chi connectivity index (χ4v) is 3.59. The first-order chi connectivity index (χ1) is 12.3. The van der Waals surface area contributed by atoms with Crippen LogP contribution < -0.4 is 10.6 Å². The number of piperidine rings is 1. The molecule has 0 aromatic carbocycles. The van der Waals surface area contributed by atoms with Crippen LogP contribution in [0, 0.1) is 0 Å². The molecule has 2 aliphatic rings. The maximum atomic E-state index is 13.0. The summed E-state index contributed by atoms with van der Waals surface area (Å²) in [6, 6.07) is 4.19. The van der Waals surface area contributed by atoms with Crippen LogP contribution in [0.2, 0.25) is 0 Å². The van der Waals surface area contributed by atoms with E-state index in [-0.39, 0.29) is 18.0 Å². The second-order valence-electron chi connectivity index (χ2n) is 6.58. The van der Waals surface area contributed by atoms with Crippen molar-refractivity contribution in [3.05, 3.63) is 42.0 Å². The molecule has 2 aromatic heterocycles. The van der Waals surface area contributed by atoms with Gasteiger partial charge in [0.1, 0.15) is 0 Å². The highest BCUT2D eigenvalue weighted by Crippen LogP contribution is 2.23. The predicted molar refractivity (Wildman–Crippen MR) is 92.0 cm³/mol. The number of hydrogen-bond donors (Lipinski definition) is 2. The van der Waals surface area contributed by atoms with Crippen LogP contribution in [0.25, 0.3) is 0 Å². The summed E-state index contributed by atoms with van der Waals surface area (Å²) in [6.07, 6.45) is 7.51. The minimum atomic E-state index is -0.0571. The van der Waals surface area contributed by atoms with Gasteiger partial charge < -0.3 is 15.5 Å². The van der Waals surface area contributed by atoms with E-state index in [1.165, 1.54) is 0 Å². The number of aromatic nitrogens is 4. The molecule has 0 radical (unpaired) electrons. The molecule has 2 unspecified atom stereocenters. The lowest BCUT2D eigenvalue weighted by molar-refractivity contribution is 0.0628. The van der Waals surface area contributed by atoms with E-state index in [0.717, 1.165) is 44.6 Å². The minimum Gasteiger partial charge on any atom is -0.328 e. The molecule has 8 heteroatoms. The van der Waals surface area contributed by atoms with Gasteiger partial charge in [-0.1, -0.05) is 5.21 Å². The number of amides is 1. The van der Waals surface area contributed by atoms with Crippen LogP contribution in [-0.4, -0.2) is 63.5 Å². The minimum absolute atomic E-state index is 0.00857. The highest BCUT2D eigenvalue weighted by molar-refractivity contribution is 5.92. The Balaban J connectivity index is 1.53. The number of pyridine rings is 1. The molecule has 0 aliphatic carbocycles. The summed E-state index contributed by atoms with van der Waals surface area (Å²) in [5.41, 5.74) is 1.51. The van der Waals surface area contributed by atoms with Crippen LogP contribution in [0.3, 0.4) is 0 Å². The van der Waals surface area contributed by atoms with E-state index in [9.17, 15) is 4.79 Å². The number of piperazine rings is 1. The van der Waals surface area contributed by atoms with Crippen LogP contribution >= 0.6 is 0 Å². The van der Waals surface area contributed by atoms with Crippen molar-refractivity contribution in [2.45, 2.75) is 24.9 Å². The Hall–Kier alpha value is -2.32. The summed E-state index contributed by atoms with van der Waals surface area (Å²) >= 11 is 0. The van der Waals surface area contributed by atoms with E-state index in [1.807, 2.05) is 21.7 Å². The number of carbonyl (C=O) groups is 1. The average Bonchev–Trinajstić information content (AvgIpc) is 3.19. The highest BCUT2D eigenvalue weighted by atomic mass is 16.2. The van der Waals surface area contributed by atoms with Crippen LogP contribution in [0.5, 0.6) is 0 Å². The van der Waals surface area contributed by atoms with Crippen molar-refractivity contribution < 1.29 is 4.79 Å². The van der Waals surface area contributed by atoms with Gasteiger partial charge in [0.2, 0.25) is 0 Å². The summed E-state index contributed by atoms with van der Waals surface area (Å²) in [6.45, 7) is 4.10. The Morgan fingerprint density at radius 1 is 1.16 bits per heavy atom. The Morgan fingerprint density at radius 2 is 2.00 bits per heavy atom. The first-order valence-corrected chi connectivity index (χ1v) is 8.87. The number of carbonyl (C=O) groups excluding carboxylic acids is 1. The van der Waals surface area contributed by atoms with E-state index >= 15 is 0 Å². The van der Waals surface area contributed by atoms with E-state index in [4.69, 9.17) is 0 Å². The third kappa shape index (κ3) is 3.40. The molecule has 2 fully saturated rings. The van der Waals surface area contributed by atoms with E-state index in [2.05, 4.69) is 25.9 Å². The highest BCUT2D eigenvalue weighted by Gasteiger charge is 2.30. The van der Waals surface area contributed by atoms with E-state index < -0.39 is 0 Å². The topological polar surface area (TPSA) is 88.0 Å². The van der Waals surface area contributed by atoms with Crippen LogP contribution in [0.1, 0.15) is 41.0 Å². The molecule has 4 heterocycles. The van der Waals surface area contributed by atoms with Crippen molar-refractivity contribution in [2.24, 2.45) is 0 Å². The summed E-state index contributed by atoms with van der Waals surface area (Å²) in [5.74, 6) is -0.0571. The predicted octanol–water partition coefficient (Wildman–Crippen LogP) is 0.384. The maximum absolute atomic E-state index is 13.0. The molecule has 2 aliphatic heterocycles. The van der Waals surface area contributed by atoms with Gasteiger partial charge in [0.15, 0.2) is 5.69 Å². The molecule has 132 valence electrons. The molecule has 0 bridgehead atoms. The summed E-state index contributed by atoms with van der Waals surface area (Å²) < 4.78 is 1.84. The van der Waals surface area contributed by atoms with Gasteiger partial charge >= 0.3 is 0 Å². The van der Waals surface area contributed by atoms with E-state index in [1.54, 1.807) is 18.6 Å². The molecule has 0 saturated carbocycles. The number of nitrogens with zero attached hydrogens (tertiary/aromatic N) is 5. The quantitative estimate of drug-likeness (QED) is 0.839. The molecular weight excluding hydrogens is 318 g/mol. The van der Waals surface area contributed by atoms with Gasteiger partial charge in [0, 0.05) is 38.6 Å². The van der Waals surface area contributed by atoms with Crippen LogP contribution in [0.4, 0.5) is 0 Å². The number of rotatable bonds is 3. The summed E-state index contributed by atoms with van der Waals surface area (Å²) in [4.78, 5) is 19.0. The van der Waals surface area contributed by atoms with Crippen LogP contribution in [-0.2, 0) is 0 Å². The van der Waals surface area contributed by atoms with Crippen molar-refractivity contribution in [1.82, 2.24) is 35.5 Å². The second kappa shape index (κ2) is 7.28. The lowest BCUT2D eigenvalue weighted by atomic mass is 10.0. The summed E-state index contributed by atoms with van der Waals surface area (Å²) in [7, 11) is 0. The molecule has 25 heavy (non-hydrogen) atoms. The lowest BCUT2D eigenvalue weighted by Crippen LogP contribution is -2.48. The zero-order valence-electron chi connectivity index (χ0n) is 14.1. The van der Waals surface area contributed by atoms with Gasteiger partial charge in [0.25, 0.3) is 5.91 Å². The fraction of sp³-hybridized carbons (Fsp3) is 0.529. The third-order valence-electron chi connectivity index (χ3n) is 4.97. The van der Waals surface area contributed by atoms with Gasteiger partial charge in [-0.05, 0) is 37.1 Å². The Kier molecular flexibility index (Phi) is 4.71. The van der Waals surface area contributed by atoms with Gasteiger partial charge in [-0.25, -0.2) is 4.68 Å². The maximum Gasteiger partial charge on any atom is 0.276 e. The van der Waals surface area contributed by atoms with E-state index in [0.29, 0.717) is 12.2 Å². The Bertz CT molecular complexity index is 711. The normalized spacial score (nSPS) is 24.2. The van der Waals surface area contributed by atoms with Crippen molar-refractivity contribution in [2.75, 3.05) is 32.7 Å². The molecule has 0 spiro atoms. The lowest BCUT2D eigenvalue weighted by Gasteiger charge is -2.36. The molecule has 2 aromatic rings.